The summed E-state index contributed by atoms with van der Waals surface area (Å²) in [5.41, 5.74) is 1.35. The van der Waals surface area contributed by atoms with Crippen LogP contribution in [0.5, 0.6) is 0 Å². The van der Waals surface area contributed by atoms with Gasteiger partial charge in [0.25, 0.3) is 0 Å². The fraction of sp³-hybridized carbons (Fsp3) is 0.375. The van der Waals surface area contributed by atoms with E-state index >= 15 is 0 Å². The molecule has 7 nitrogen and oxygen atoms in total. The predicted molar refractivity (Wildman–Crippen MR) is 80.3 cm³/mol. The van der Waals surface area contributed by atoms with E-state index in [1.807, 2.05) is 21.8 Å². The Hall–Kier alpha value is -2.10. The van der Waals surface area contributed by atoms with Gasteiger partial charge >= 0.3 is 18.9 Å². The maximum atomic E-state index is 11.4. The standard InChI is InChI=1S/C16H18N4O3.Li/c1-11(21)19-5-2-14(3-6-19)20-7-4-15(18-20)12-8-13(16(22)23)10-17-9-12;/h4,7-10,14H,2-3,5-6H2,1H3,(H,22,23);/q;+1/p-1. The molecule has 0 saturated carbocycles. The van der Waals surface area contributed by atoms with Crippen LogP contribution in [0.3, 0.4) is 0 Å². The maximum Gasteiger partial charge on any atom is 1.00 e. The Labute approximate surface area is 151 Å². The molecule has 2 aromatic rings. The largest absolute Gasteiger partial charge is 1.00 e. The number of hydrogen-bond acceptors (Lipinski definition) is 5. The molecule has 3 heterocycles. The molecule has 0 aromatic carbocycles. The van der Waals surface area contributed by atoms with Gasteiger partial charge in [-0.3, -0.25) is 14.5 Å². The number of piperidine rings is 1. The van der Waals surface area contributed by atoms with E-state index in [2.05, 4.69) is 10.1 Å². The Bertz CT molecular complexity index is 738. The van der Waals surface area contributed by atoms with E-state index in [0.717, 1.165) is 25.9 Å². The minimum absolute atomic E-state index is 0. The first-order valence-corrected chi connectivity index (χ1v) is 7.52. The smallest absolute Gasteiger partial charge is 0.545 e. The molecular formula is C16H17LiN4O3. The van der Waals surface area contributed by atoms with Crippen molar-refractivity contribution in [1.29, 1.82) is 0 Å². The number of carbonyl (C=O) groups excluding carboxylic acids is 2. The molecule has 120 valence electrons. The summed E-state index contributed by atoms with van der Waals surface area (Å²) in [7, 11) is 0. The van der Waals surface area contributed by atoms with Gasteiger partial charge in [-0.05, 0) is 25.0 Å². The summed E-state index contributed by atoms with van der Waals surface area (Å²) in [4.78, 5) is 28.0. The summed E-state index contributed by atoms with van der Waals surface area (Å²) in [5, 5.41) is 15.4. The van der Waals surface area contributed by atoms with Gasteiger partial charge in [0.1, 0.15) is 0 Å². The average Bonchev–Trinajstić information content (AvgIpc) is 3.05. The number of pyridine rings is 1. The maximum absolute atomic E-state index is 11.4. The number of hydrogen-bond donors (Lipinski definition) is 0. The summed E-state index contributed by atoms with van der Waals surface area (Å²) in [6, 6.07) is 3.59. The van der Waals surface area contributed by atoms with Crippen LogP contribution in [-0.4, -0.2) is 44.6 Å². The summed E-state index contributed by atoms with van der Waals surface area (Å²) in [6.07, 6.45) is 6.44. The molecule has 2 aromatic heterocycles. The van der Waals surface area contributed by atoms with E-state index in [1.165, 1.54) is 12.3 Å². The van der Waals surface area contributed by atoms with E-state index < -0.39 is 5.97 Å². The number of rotatable bonds is 3. The third kappa shape index (κ3) is 3.86. The summed E-state index contributed by atoms with van der Waals surface area (Å²) in [6.45, 7) is 3.05. The SMILES string of the molecule is CC(=O)N1CCC(n2ccc(-c3cncc(C(=O)[O-])c3)n2)CC1.[Li+]. The third-order valence-electron chi connectivity index (χ3n) is 4.16. The second kappa shape index (κ2) is 7.64. The fourth-order valence-corrected chi connectivity index (χ4v) is 2.83. The number of carbonyl (C=O) groups is 2. The molecule has 0 bridgehead atoms. The zero-order valence-corrected chi connectivity index (χ0v) is 13.8. The molecule has 0 spiro atoms. The van der Waals surface area contributed by atoms with Gasteiger partial charge in [-0.2, -0.15) is 5.10 Å². The molecule has 0 N–H and O–H groups in total. The van der Waals surface area contributed by atoms with Crippen molar-refractivity contribution < 1.29 is 33.6 Å². The Morgan fingerprint density at radius 3 is 2.58 bits per heavy atom. The topological polar surface area (TPSA) is 91.2 Å². The summed E-state index contributed by atoms with van der Waals surface area (Å²) in [5.74, 6) is -1.15. The molecule has 1 saturated heterocycles. The van der Waals surface area contributed by atoms with Crippen molar-refractivity contribution in [2.45, 2.75) is 25.8 Å². The minimum Gasteiger partial charge on any atom is -0.545 e. The molecule has 24 heavy (non-hydrogen) atoms. The average molecular weight is 320 g/mol. The molecular weight excluding hydrogens is 303 g/mol. The quantitative estimate of drug-likeness (QED) is 0.583. The number of carboxylic acids is 1. The van der Waals surface area contributed by atoms with Gasteiger partial charge in [0.2, 0.25) is 5.91 Å². The van der Waals surface area contributed by atoms with Crippen molar-refractivity contribution in [2.24, 2.45) is 0 Å². The molecule has 1 amide bonds. The first kappa shape index (κ1) is 18.2. The summed E-state index contributed by atoms with van der Waals surface area (Å²) >= 11 is 0. The van der Waals surface area contributed by atoms with Crippen molar-refractivity contribution in [3.05, 3.63) is 36.3 Å². The zero-order valence-electron chi connectivity index (χ0n) is 13.8. The van der Waals surface area contributed by atoms with E-state index in [4.69, 9.17) is 0 Å². The van der Waals surface area contributed by atoms with Gasteiger partial charge in [-0.25, -0.2) is 0 Å². The molecule has 1 aliphatic heterocycles. The van der Waals surface area contributed by atoms with E-state index in [1.54, 1.807) is 13.1 Å². The van der Waals surface area contributed by atoms with Crippen molar-refractivity contribution in [3.8, 4) is 11.3 Å². The van der Waals surface area contributed by atoms with Gasteiger partial charge in [-0.15, -0.1) is 0 Å². The number of carboxylic acid groups (broad SMARTS) is 1. The van der Waals surface area contributed by atoms with Crippen LogP contribution in [-0.2, 0) is 4.79 Å². The number of aromatic nitrogens is 3. The fourth-order valence-electron chi connectivity index (χ4n) is 2.83. The number of aromatic carboxylic acids is 1. The number of amides is 1. The normalized spacial score (nSPS) is 15.0. The molecule has 8 heteroatoms. The van der Waals surface area contributed by atoms with E-state index in [0.29, 0.717) is 11.3 Å². The van der Waals surface area contributed by atoms with Gasteiger partial charge in [0.15, 0.2) is 0 Å². The third-order valence-corrected chi connectivity index (χ3v) is 4.16. The van der Waals surface area contributed by atoms with Crippen LogP contribution >= 0.6 is 0 Å². The monoisotopic (exact) mass is 320 g/mol. The zero-order chi connectivity index (χ0) is 16.4. The minimum atomic E-state index is -1.25. The molecule has 0 radical (unpaired) electrons. The first-order chi connectivity index (χ1) is 11.0. The molecule has 0 aliphatic carbocycles. The van der Waals surface area contributed by atoms with Gasteiger partial charge in [-0.1, -0.05) is 0 Å². The van der Waals surface area contributed by atoms with Crippen LogP contribution in [0.25, 0.3) is 11.3 Å². The van der Waals surface area contributed by atoms with Crippen LogP contribution in [0.1, 0.15) is 36.2 Å². The van der Waals surface area contributed by atoms with Crippen LogP contribution in [0.15, 0.2) is 30.7 Å². The van der Waals surface area contributed by atoms with E-state index in [9.17, 15) is 14.7 Å². The van der Waals surface area contributed by atoms with Crippen LogP contribution in [0.4, 0.5) is 0 Å². The van der Waals surface area contributed by atoms with Crippen LogP contribution in [0, 0.1) is 0 Å². The summed E-state index contributed by atoms with van der Waals surface area (Å²) < 4.78 is 1.89. The Morgan fingerprint density at radius 1 is 1.25 bits per heavy atom. The Balaban J connectivity index is 0.00000208. The van der Waals surface area contributed by atoms with Crippen molar-refractivity contribution >= 4 is 11.9 Å². The predicted octanol–water partition coefficient (Wildman–Crippen LogP) is -2.50. The van der Waals surface area contributed by atoms with Crippen molar-refractivity contribution in [2.75, 3.05) is 13.1 Å². The van der Waals surface area contributed by atoms with Crippen molar-refractivity contribution in [3.63, 3.8) is 0 Å². The number of likely N-dealkylation sites (tertiary alicyclic amines) is 1. The molecule has 3 rings (SSSR count). The molecule has 0 unspecified atom stereocenters. The Morgan fingerprint density at radius 2 is 1.96 bits per heavy atom. The molecule has 0 atom stereocenters. The molecule has 1 aliphatic rings. The molecule has 1 fully saturated rings. The second-order valence-corrected chi connectivity index (χ2v) is 5.67. The number of nitrogens with zero attached hydrogens (tertiary/aromatic N) is 4. The van der Waals surface area contributed by atoms with Crippen molar-refractivity contribution in [1.82, 2.24) is 19.7 Å². The van der Waals surface area contributed by atoms with Crippen LogP contribution < -0.4 is 24.0 Å². The van der Waals surface area contributed by atoms with Gasteiger partial charge < -0.3 is 14.8 Å². The first-order valence-electron chi connectivity index (χ1n) is 7.52. The van der Waals surface area contributed by atoms with Crippen LogP contribution in [0.2, 0.25) is 0 Å². The van der Waals surface area contributed by atoms with Gasteiger partial charge in [0, 0.05) is 49.7 Å². The van der Waals surface area contributed by atoms with Gasteiger partial charge in [0.05, 0.1) is 17.7 Å². The second-order valence-electron chi connectivity index (χ2n) is 5.67. The van der Waals surface area contributed by atoms with E-state index in [-0.39, 0.29) is 36.4 Å². The Kier molecular flexibility index (Phi) is 5.81.